The lowest BCUT2D eigenvalue weighted by Crippen LogP contribution is -2.18. The van der Waals surface area contributed by atoms with Crippen molar-refractivity contribution in [2.75, 3.05) is 24.2 Å². The van der Waals surface area contributed by atoms with E-state index in [4.69, 9.17) is 5.73 Å². The van der Waals surface area contributed by atoms with Crippen LogP contribution in [0.1, 0.15) is 0 Å². The maximum absolute atomic E-state index is 11.3. The second-order valence-corrected chi connectivity index (χ2v) is 3.02. The molecule has 0 aliphatic carbocycles. The number of nitrogen functional groups attached to an aromatic ring is 1. The van der Waals surface area contributed by atoms with E-state index in [9.17, 15) is 4.79 Å². The van der Waals surface area contributed by atoms with Crippen molar-refractivity contribution in [1.29, 1.82) is 0 Å². The molecular weight excluding hydrogens is 154 g/mol. The molecule has 0 spiro atoms. The Morgan fingerprint density at radius 2 is 2.17 bits per heavy atom. The van der Waals surface area contributed by atoms with E-state index in [1.165, 1.54) is 6.07 Å². The minimum atomic E-state index is 0.0311. The highest BCUT2D eigenvalue weighted by atomic mass is 16.1. The van der Waals surface area contributed by atoms with E-state index in [1.807, 2.05) is 11.9 Å². The van der Waals surface area contributed by atoms with Crippen LogP contribution in [0, 0.1) is 0 Å². The molecule has 0 bridgehead atoms. The van der Waals surface area contributed by atoms with Gasteiger partial charge in [0.1, 0.15) is 5.82 Å². The first-order chi connectivity index (χ1) is 5.70. The molecule has 0 radical (unpaired) electrons. The van der Waals surface area contributed by atoms with Crippen molar-refractivity contribution in [2.45, 2.75) is 6.54 Å². The normalized spacial score (nSPS) is 14.9. The Labute approximate surface area is 70.2 Å². The number of rotatable bonds is 0. The van der Waals surface area contributed by atoms with Crippen LogP contribution < -0.4 is 16.2 Å². The van der Waals surface area contributed by atoms with Crippen LogP contribution >= 0.6 is 0 Å². The van der Waals surface area contributed by atoms with Crippen LogP contribution in [0.25, 0.3) is 0 Å². The molecule has 1 aromatic rings. The summed E-state index contributed by atoms with van der Waals surface area (Å²) in [5.74, 6) is 0.850. The summed E-state index contributed by atoms with van der Waals surface area (Å²) in [7, 11) is 1.94. The van der Waals surface area contributed by atoms with Gasteiger partial charge in [0.15, 0.2) is 0 Å². The fourth-order valence-corrected chi connectivity index (χ4v) is 1.58. The SMILES string of the molecule is CN1CCn2c1c(N)ccc2=O. The number of fused-ring (bicyclic) bond motifs is 1. The van der Waals surface area contributed by atoms with Gasteiger partial charge in [0.25, 0.3) is 5.56 Å². The van der Waals surface area contributed by atoms with Crippen molar-refractivity contribution in [1.82, 2.24) is 4.57 Å². The zero-order valence-electron chi connectivity index (χ0n) is 6.95. The van der Waals surface area contributed by atoms with Crippen molar-refractivity contribution in [3.8, 4) is 0 Å². The highest BCUT2D eigenvalue weighted by Crippen LogP contribution is 2.23. The van der Waals surface area contributed by atoms with Crippen molar-refractivity contribution < 1.29 is 0 Å². The standard InChI is InChI=1S/C8H11N3O/c1-10-4-5-11-7(12)3-2-6(9)8(10)11/h2-3H,4-5,9H2,1H3. The first-order valence-electron chi connectivity index (χ1n) is 3.90. The van der Waals surface area contributed by atoms with Gasteiger partial charge in [-0.1, -0.05) is 0 Å². The third kappa shape index (κ3) is 0.809. The molecular formula is C8H11N3O. The lowest BCUT2D eigenvalue weighted by molar-refractivity contribution is 0.764. The zero-order chi connectivity index (χ0) is 8.72. The molecule has 0 unspecified atom stereocenters. The smallest absolute Gasteiger partial charge is 0.252 e. The number of anilines is 2. The van der Waals surface area contributed by atoms with Gasteiger partial charge in [-0.05, 0) is 6.07 Å². The average Bonchev–Trinajstić information content (AvgIpc) is 2.42. The van der Waals surface area contributed by atoms with Gasteiger partial charge in [0, 0.05) is 26.2 Å². The summed E-state index contributed by atoms with van der Waals surface area (Å²) in [5.41, 5.74) is 6.44. The van der Waals surface area contributed by atoms with E-state index >= 15 is 0 Å². The minimum absolute atomic E-state index is 0.0311. The highest BCUT2D eigenvalue weighted by Gasteiger charge is 2.18. The molecule has 0 aromatic carbocycles. The van der Waals surface area contributed by atoms with Crippen LogP contribution in [0.5, 0.6) is 0 Å². The average molecular weight is 165 g/mol. The molecule has 1 aliphatic heterocycles. The van der Waals surface area contributed by atoms with Crippen molar-refractivity contribution in [3.05, 3.63) is 22.5 Å². The predicted molar refractivity (Wildman–Crippen MR) is 48.4 cm³/mol. The quantitative estimate of drug-likeness (QED) is 0.583. The molecule has 0 saturated carbocycles. The number of aromatic nitrogens is 1. The topological polar surface area (TPSA) is 51.3 Å². The lowest BCUT2D eigenvalue weighted by Gasteiger charge is -2.12. The third-order valence-electron chi connectivity index (χ3n) is 2.21. The van der Waals surface area contributed by atoms with E-state index in [0.29, 0.717) is 5.69 Å². The molecule has 12 heavy (non-hydrogen) atoms. The Balaban J connectivity index is 2.73. The second kappa shape index (κ2) is 2.27. The number of nitrogens with two attached hydrogens (primary N) is 1. The summed E-state index contributed by atoms with van der Waals surface area (Å²) in [5, 5.41) is 0. The van der Waals surface area contributed by atoms with Crippen LogP contribution in [0.15, 0.2) is 16.9 Å². The summed E-state index contributed by atoms with van der Waals surface area (Å²) in [6.45, 7) is 1.61. The highest BCUT2D eigenvalue weighted by molar-refractivity contribution is 5.64. The molecule has 0 atom stereocenters. The molecule has 64 valence electrons. The van der Waals surface area contributed by atoms with Gasteiger partial charge in [0.2, 0.25) is 0 Å². The maximum atomic E-state index is 11.3. The van der Waals surface area contributed by atoms with Crippen LogP contribution in [-0.2, 0) is 6.54 Å². The zero-order valence-corrected chi connectivity index (χ0v) is 6.95. The summed E-state index contributed by atoms with van der Waals surface area (Å²) in [6, 6.07) is 3.17. The number of pyridine rings is 1. The second-order valence-electron chi connectivity index (χ2n) is 3.02. The van der Waals surface area contributed by atoms with E-state index in [1.54, 1.807) is 10.6 Å². The van der Waals surface area contributed by atoms with E-state index in [2.05, 4.69) is 0 Å². The Hall–Kier alpha value is -1.45. The fourth-order valence-electron chi connectivity index (χ4n) is 1.58. The molecule has 1 aliphatic rings. The molecule has 2 rings (SSSR count). The number of nitrogens with zero attached hydrogens (tertiary/aromatic N) is 2. The van der Waals surface area contributed by atoms with Gasteiger partial charge in [-0.25, -0.2) is 0 Å². The molecule has 0 saturated heterocycles. The Kier molecular flexibility index (Phi) is 1.36. The largest absolute Gasteiger partial charge is 0.396 e. The van der Waals surface area contributed by atoms with Crippen molar-refractivity contribution in [3.63, 3.8) is 0 Å². The van der Waals surface area contributed by atoms with Gasteiger partial charge in [-0.3, -0.25) is 9.36 Å². The minimum Gasteiger partial charge on any atom is -0.396 e. The monoisotopic (exact) mass is 165 g/mol. The molecule has 0 fully saturated rings. The Morgan fingerprint density at radius 1 is 1.42 bits per heavy atom. The van der Waals surface area contributed by atoms with Gasteiger partial charge in [-0.2, -0.15) is 0 Å². The van der Waals surface area contributed by atoms with Gasteiger partial charge >= 0.3 is 0 Å². The first kappa shape index (κ1) is 7.21. The van der Waals surface area contributed by atoms with Gasteiger partial charge in [0.05, 0.1) is 5.69 Å². The van der Waals surface area contributed by atoms with Gasteiger partial charge in [-0.15, -0.1) is 0 Å². The van der Waals surface area contributed by atoms with Crippen molar-refractivity contribution >= 4 is 11.5 Å². The summed E-state index contributed by atoms with van der Waals surface area (Å²) in [6.07, 6.45) is 0. The fraction of sp³-hybridized carbons (Fsp3) is 0.375. The third-order valence-corrected chi connectivity index (χ3v) is 2.21. The summed E-state index contributed by atoms with van der Waals surface area (Å²) in [4.78, 5) is 13.3. The molecule has 0 amide bonds. The Morgan fingerprint density at radius 3 is 2.83 bits per heavy atom. The van der Waals surface area contributed by atoms with E-state index < -0.39 is 0 Å². The van der Waals surface area contributed by atoms with Crippen LogP contribution in [0.3, 0.4) is 0 Å². The van der Waals surface area contributed by atoms with Crippen LogP contribution in [-0.4, -0.2) is 18.2 Å². The number of likely N-dealkylation sites (N-methyl/N-ethyl adjacent to an activating group) is 1. The van der Waals surface area contributed by atoms with Gasteiger partial charge < -0.3 is 10.6 Å². The molecule has 2 N–H and O–H groups in total. The van der Waals surface area contributed by atoms with Crippen LogP contribution in [0.2, 0.25) is 0 Å². The molecule has 4 nitrogen and oxygen atoms in total. The number of hydrogen-bond acceptors (Lipinski definition) is 3. The number of hydrogen-bond donors (Lipinski definition) is 1. The predicted octanol–water partition coefficient (Wildman–Crippen LogP) is -0.120. The molecule has 2 heterocycles. The molecule has 1 aromatic heterocycles. The maximum Gasteiger partial charge on any atom is 0.252 e. The Bertz CT molecular complexity index is 369. The van der Waals surface area contributed by atoms with E-state index in [-0.39, 0.29) is 5.56 Å². The van der Waals surface area contributed by atoms with Crippen LogP contribution in [0.4, 0.5) is 11.5 Å². The lowest BCUT2D eigenvalue weighted by atomic mass is 10.4. The first-order valence-corrected chi connectivity index (χ1v) is 3.90. The van der Waals surface area contributed by atoms with E-state index in [0.717, 1.165) is 18.9 Å². The molecule has 4 heteroatoms. The summed E-state index contributed by atoms with van der Waals surface area (Å²) >= 11 is 0. The van der Waals surface area contributed by atoms with Crippen molar-refractivity contribution in [2.24, 2.45) is 0 Å². The summed E-state index contributed by atoms with van der Waals surface area (Å²) < 4.78 is 1.70.